The number of nitrogens with zero attached hydrogens (tertiary/aromatic N) is 4. The molecular weight excluding hydrogens is 354 g/mol. The summed E-state index contributed by atoms with van der Waals surface area (Å²) in [7, 11) is 2.13. The van der Waals surface area contributed by atoms with Crippen LogP contribution in [-0.4, -0.2) is 51.9 Å². The number of hydrogen-bond acceptors (Lipinski definition) is 7. The maximum atomic E-state index is 11.2. The molecule has 1 saturated heterocycles. The number of carbonyl (C=O) groups is 1. The fraction of sp³-hybridized carbons (Fsp3) is 0.300. The Hall–Kier alpha value is -3.26. The van der Waals surface area contributed by atoms with Crippen molar-refractivity contribution in [1.29, 1.82) is 0 Å². The number of aromatic nitrogens is 3. The first kappa shape index (κ1) is 18.1. The Morgan fingerprint density at radius 3 is 2.46 bits per heavy atom. The average Bonchev–Trinajstić information content (AvgIpc) is 2.69. The van der Waals surface area contributed by atoms with Crippen LogP contribution in [0.4, 0.5) is 11.8 Å². The van der Waals surface area contributed by atoms with Crippen LogP contribution in [0.2, 0.25) is 0 Å². The molecule has 8 nitrogen and oxygen atoms in total. The summed E-state index contributed by atoms with van der Waals surface area (Å²) in [5, 5.41) is 4.11. The van der Waals surface area contributed by atoms with Crippen molar-refractivity contribution in [3.63, 3.8) is 0 Å². The number of nitrogens with one attached hydrogen (secondary N) is 1. The van der Waals surface area contributed by atoms with E-state index in [1.54, 1.807) is 12.1 Å². The monoisotopic (exact) mass is 377 g/mol. The molecule has 28 heavy (non-hydrogen) atoms. The number of benzene rings is 1. The summed E-state index contributed by atoms with van der Waals surface area (Å²) in [6, 6.07) is 11.1. The van der Waals surface area contributed by atoms with Gasteiger partial charge in [-0.25, -0.2) is 4.98 Å². The molecule has 3 aromatic rings. The zero-order chi connectivity index (χ0) is 19.7. The Bertz CT molecular complexity index is 1010. The number of likely N-dealkylation sites (tertiary alicyclic amines) is 1. The molecular formula is C20H23N7O. The van der Waals surface area contributed by atoms with E-state index >= 15 is 0 Å². The van der Waals surface area contributed by atoms with Crippen LogP contribution in [0, 0.1) is 0 Å². The molecule has 1 fully saturated rings. The van der Waals surface area contributed by atoms with Gasteiger partial charge in [0.2, 0.25) is 11.9 Å². The number of rotatable bonds is 4. The second-order valence-corrected chi connectivity index (χ2v) is 7.16. The van der Waals surface area contributed by atoms with Gasteiger partial charge in [0.05, 0.1) is 11.1 Å². The summed E-state index contributed by atoms with van der Waals surface area (Å²) in [5.41, 5.74) is 14.0. The SMILES string of the molecule is CN1CCC(Nc2nc(N)c3ccc(-c4ccc(C(N)=O)cc4)nc3n2)CC1. The third-order valence-corrected chi connectivity index (χ3v) is 5.11. The van der Waals surface area contributed by atoms with E-state index in [4.69, 9.17) is 11.5 Å². The first-order valence-electron chi connectivity index (χ1n) is 9.29. The lowest BCUT2D eigenvalue weighted by Crippen LogP contribution is -2.37. The summed E-state index contributed by atoms with van der Waals surface area (Å²) in [4.78, 5) is 27.2. The number of nitrogens with two attached hydrogens (primary N) is 2. The van der Waals surface area contributed by atoms with Crippen LogP contribution < -0.4 is 16.8 Å². The molecule has 0 aliphatic carbocycles. The van der Waals surface area contributed by atoms with Gasteiger partial charge < -0.3 is 21.7 Å². The number of carbonyl (C=O) groups excluding carboxylic acids is 1. The molecule has 8 heteroatoms. The Balaban J connectivity index is 1.63. The van der Waals surface area contributed by atoms with Gasteiger partial charge in [-0.1, -0.05) is 12.1 Å². The Labute approximate surface area is 163 Å². The number of pyridine rings is 1. The Morgan fingerprint density at radius 1 is 1.07 bits per heavy atom. The molecule has 1 aliphatic heterocycles. The lowest BCUT2D eigenvalue weighted by atomic mass is 10.1. The van der Waals surface area contributed by atoms with Gasteiger partial charge in [-0.2, -0.15) is 9.97 Å². The van der Waals surface area contributed by atoms with Crippen LogP contribution in [0.25, 0.3) is 22.3 Å². The minimum atomic E-state index is -0.455. The van der Waals surface area contributed by atoms with E-state index in [0.717, 1.165) is 37.2 Å². The predicted molar refractivity (Wildman–Crippen MR) is 110 cm³/mol. The molecule has 1 aromatic carbocycles. The van der Waals surface area contributed by atoms with Gasteiger partial charge in [0.15, 0.2) is 5.65 Å². The van der Waals surface area contributed by atoms with Crippen molar-refractivity contribution < 1.29 is 4.79 Å². The third kappa shape index (κ3) is 3.72. The van der Waals surface area contributed by atoms with E-state index in [9.17, 15) is 4.79 Å². The van der Waals surface area contributed by atoms with Crippen molar-refractivity contribution in [2.24, 2.45) is 5.73 Å². The van der Waals surface area contributed by atoms with E-state index in [2.05, 4.69) is 32.2 Å². The fourth-order valence-electron chi connectivity index (χ4n) is 3.40. The minimum Gasteiger partial charge on any atom is -0.383 e. The number of nitrogen functional groups attached to an aromatic ring is 1. The zero-order valence-electron chi connectivity index (χ0n) is 15.7. The first-order valence-corrected chi connectivity index (χ1v) is 9.29. The number of piperidine rings is 1. The lowest BCUT2D eigenvalue weighted by molar-refractivity contribution is 0.100. The summed E-state index contributed by atoms with van der Waals surface area (Å²) in [6.07, 6.45) is 2.08. The van der Waals surface area contributed by atoms with Crippen LogP contribution in [0.1, 0.15) is 23.2 Å². The number of hydrogen-bond donors (Lipinski definition) is 3. The highest BCUT2D eigenvalue weighted by Gasteiger charge is 2.18. The van der Waals surface area contributed by atoms with Crippen LogP contribution in [0.3, 0.4) is 0 Å². The predicted octanol–water partition coefficient (Wildman–Crippen LogP) is 1.88. The fourth-order valence-corrected chi connectivity index (χ4v) is 3.40. The quantitative estimate of drug-likeness (QED) is 0.634. The molecule has 2 aromatic heterocycles. The van der Waals surface area contributed by atoms with Crippen LogP contribution in [0.15, 0.2) is 36.4 Å². The Kier molecular flexibility index (Phi) is 4.79. The summed E-state index contributed by atoms with van der Waals surface area (Å²) < 4.78 is 0. The molecule has 0 unspecified atom stereocenters. The van der Waals surface area contributed by atoms with Crippen molar-refractivity contribution in [3.8, 4) is 11.3 Å². The molecule has 5 N–H and O–H groups in total. The Morgan fingerprint density at radius 2 is 1.79 bits per heavy atom. The van der Waals surface area contributed by atoms with Gasteiger partial charge in [-0.05, 0) is 57.2 Å². The molecule has 0 radical (unpaired) electrons. The second-order valence-electron chi connectivity index (χ2n) is 7.16. The molecule has 144 valence electrons. The average molecular weight is 377 g/mol. The smallest absolute Gasteiger partial charge is 0.248 e. The van der Waals surface area contributed by atoms with Gasteiger partial charge in [-0.3, -0.25) is 4.79 Å². The maximum Gasteiger partial charge on any atom is 0.248 e. The van der Waals surface area contributed by atoms with E-state index < -0.39 is 5.91 Å². The molecule has 0 saturated carbocycles. The van der Waals surface area contributed by atoms with E-state index in [0.29, 0.717) is 34.4 Å². The van der Waals surface area contributed by atoms with Crippen molar-refractivity contribution in [1.82, 2.24) is 19.9 Å². The second kappa shape index (κ2) is 7.40. The number of fused-ring (bicyclic) bond motifs is 1. The van der Waals surface area contributed by atoms with Gasteiger partial charge >= 0.3 is 0 Å². The van der Waals surface area contributed by atoms with Crippen LogP contribution >= 0.6 is 0 Å². The highest BCUT2D eigenvalue weighted by molar-refractivity contribution is 5.93. The van der Waals surface area contributed by atoms with Crippen LogP contribution in [-0.2, 0) is 0 Å². The number of anilines is 2. The standard InChI is InChI=1S/C20H23N7O/c1-27-10-8-14(9-11-27)23-20-25-17(21)15-6-7-16(24-19(15)26-20)12-2-4-13(5-3-12)18(22)28/h2-7,14H,8-11H2,1H3,(H2,22,28)(H3,21,23,24,25,26). The van der Waals surface area contributed by atoms with E-state index in [1.165, 1.54) is 0 Å². The van der Waals surface area contributed by atoms with Gasteiger partial charge in [0.1, 0.15) is 5.82 Å². The summed E-state index contributed by atoms with van der Waals surface area (Å²) >= 11 is 0. The van der Waals surface area contributed by atoms with E-state index in [1.807, 2.05) is 24.3 Å². The van der Waals surface area contributed by atoms with Crippen molar-refractivity contribution in [2.75, 3.05) is 31.2 Å². The minimum absolute atomic E-state index is 0.331. The third-order valence-electron chi connectivity index (χ3n) is 5.11. The first-order chi connectivity index (χ1) is 13.5. The topological polar surface area (TPSA) is 123 Å². The normalized spacial score (nSPS) is 15.6. The number of primary amides is 1. The molecule has 0 atom stereocenters. The maximum absolute atomic E-state index is 11.2. The molecule has 1 amide bonds. The molecule has 1 aliphatic rings. The van der Waals surface area contributed by atoms with Crippen molar-refractivity contribution in [2.45, 2.75) is 18.9 Å². The molecule has 4 rings (SSSR count). The zero-order valence-corrected chi connectivity index (χ0v) is 15.7. The van der Waals surface area contributed by atoms with E-state index in [-0.39, 0.29) is 0 Å². The lowest BCUT2D eigenvalue weighted by Gasteiger charge is -2.29. The molecule has 0 spiro atoms. The molecule has 3 heterocycles. The highest BCUT2D eigenvalue weighted by atomic mass is 16.1. The van der Waals surface area contributed by atoms with Gasteiger partial charge in [0, 0.05) is 17.2 Å². The summed E-state index contributed by atoms with van der Waals surface area (Å²) in [6.45, 7) is 2.09. The van der Waals surface area contributed by atoms with Crippen molar-refractivity contribution >= 4 is 28.7 Å². The van der Waals surface area contributed by atoms with Crippen molar-refractivity contribution in [3.05, 3.63) is 42.0 Å². The van der Waals surface area contributed by atoms with Gasteiger partial charge in [0.25, 0.3) is 0 Å². The molecule has 0 bridgehead atoms. The van der Waals surface area contributed by atoms with Gasteiger partial charge in [-0.15, -0.1) is 0 Å². The number of amides is 1. The summed E-state index contributed by atoms with van der Waals surface area (Å²) in [5.74, 6) is 0.458. The largest absolute Gasteiger partial charge is 0.383 e. The van der Waals surface area contributed by atoms with Crippen LogP contribution in [0.5, 0.6) is 0 Å². The highest BCUT2D eigenvalue weighted by Crippen LogP contribution is 2.24.